The van der Waals surface area contributed by atoms with Gasteiger partial charge in [-0.1, -0.05) is 75.4 Å². The zero-order valence-corrected chi connectivity index (χ0v) is 24.1. The van der Waals surface area contributed by atoms with Crippen LogP contribution in [-0.2, 0) is 13.0 Å². The van der Waals surface area contributed by atoms with Crippen molar-refractivity contribution >= 4 is 17.8 Å². The first-order valence-corrected chi connectivity index (χ1v) is 14.2. The Morgan fingerprint density at radius 1 is 0.854 bits per heavy atom. The lowest BCUT2D eigenvalue weighted by Gasteiger charge is -2.41. The summed E-state index contributed by atoms with van der Waals surface area (Å²) in [5.74, 6) is 5.08. The fourth-order valence-electron chi connectivity index (χ4n) is 5.60. The quantitative estimate of drug-likeness (QED) is 0.102. The van der Waals surface area contributed by atoms with Crippen LogP contribution in [0.1, 0.15) is 83.9 Å². The molecule has 2 amide bonds. The summed E-state index contributed by atoms with van der Waals surface area (Å²) in [6, 6.07) is 25.5. The maximum atomic E-state index is 14.0. The van der Waals surface area contributed by atoms with Gasteiger partial charge in [-0.15, -0.1) is 10.2 Å². The molecule has 3 aromatic rings. The van der Waals surface area contributed by atoms with Gasteiger partial charge in [-0.2, -0.15) is 0 Å². The molecule has 1 aliphatic rings. The third-order valence-electron chi connectivity index (χ3n) is 8.10. The Labute approximate surface area is 242 Å². The van der Waals surface area contributed by atoms with Crippen LogP contribution in [0, 0.1) is 16.9 Å². The van der Waals surface area contributed by atoms with Gasteiger partial charge < -0.3 is 10.7 Å². The van der Waals surface area contributed by atoms with Gasteiger partial charge in [0.2, 0.25) is 0 Å². The first-order valence-electron chi connectivity index (χ1n) is 14.2. The minimum absolute atomic E-state index is 0.0261. The third-order valence-corrected chi connectivity index (χ3v) is 8.10. The van der Waals surface area contributed by atoms with Crippen LogP contribution in [0.2, 0.25) is 0 Å². The zero-order chi connectivity index (χ0) is 29.4. The van der Waals surface area contributed by atoms with E-state index in [2.05, 4.69) is 48.4 Å². The van der Waals surface area contributed by atoms with Gasteiger partial charge in [0, 0.05) is 23.7 Å². The average Bonchev–Trinajstić information content (AvgIpc) is 2.99. The van der Waals surface area contributed by atoms with E-state index in [1.807, 2.05) is 59.5 Å². The van der Waals surface area contributed by atoms with E-state index in [0.717, 1.165) is 37.7 Å². The van der Waals surface area contributed by atoms with Crippen molar-refractivity contribution in [3.8, 4) is 0 Å². The second-order valence-corrected chi connectivity index (χ2v) is 11.9. The first-order chi connectivity index (χ1) is 19.7. The minimum atomic E-state index is -0.458. The number of guanidine groups is 1. The SMILES string of the molecule is CC(C)(C)C1CCC(N(Cc2ccc(C(=O)N/C(N=N)=N/N)cc2)C(=O)c2ccc(Cc3ccccc3)cc2)CC1. The Hall–Kier alpha value is -4.33. The largest absolute Gasteiger partial charge is 0.331 e. The summed E-state index contributed by atoms with van der Waals surface area (Å²) in [5.41, 5.74) is 11.7. The molecule has 0 unspecified atom stereocenters. The van der Waals surface area contributed by atoms with Crippen molar-refractivity contribution in [2.75, 3.05) is 0 Å². The number of nitrogens with zero attached hydrogens (tertiary/aromatic N) is 3. The molecule has 0 atom stereocenters. The molecule has 0 radical (unpaired) electrons. The van der Waals surface area contributed by atoms with E-state index >= 15 is 0 Å². The van der Waals surface area contributed by atoms with Crippen molar-refractivity contribution in [2.24, 2.45) is 27.4 Å². The van der Waals surface area contributed by atoms with Gasteiger partial charge in [-0.05, 0) is 84.4 Å². The van der Waals surface area contributed by atoms with E-state index in [1.165, 1.54) is 11.1 Å². The molecule has 0 spiro atoms. The molecule has 1 fully saturated rings. The fraction of sp³-hybridized carbons (Fsp3) is 0.364. The molecule has 1 saturated carbocycles. The summed E-state index contributed by atoms with van der Waals surface area (Å²) in [7, 11) is 0. The van der Waals surface area contributed by atoms with Gasteiger partial charge in [0.15, 0.2) is 0 Å². The van der Waals surface area contributed by atoms with E-state index in [-0.39, 0.29) is 23.3 Å². The van der Waals surface area contributed by atoms with Crippen LogP contribution >= 0.6 is 0 Å². The van der Waals surface area contributed by atoms with Gasteiger partial charge in [-0.3, -0.25) is 14.9 Å². The van der Waals surface area contributed by atoms with Crippen LogP contribution in [0.3, 0.4) is 0 Å². The molecule has 1 aliphatic carbocycles. The third kappa shape index (κ3) is 7.87. The number of carbonyl (C=O) groups is 2. The number of carbonyl (C=O) groups excluding carboxylic acids is 2. The molecule has 0 bridgehead atoms. The topological polar surface area (TPSA) is 124 Å². The molecule has 0 heterocycles. The van der Waals surface area contributed by atoms with E-state index in [4.69, 9.17) is 11.4 Å². The molecule has 0 aliphatic heterocycles. The molecule has 41 heavy (non-hydrogen) atoms. The number of hydrogen-bond acceptors (Lipinski definition) is 5. The van der Waals surface area contributed by atoms with Gasteiger partial charge in [-0.25, -0.2) is 5.53 Å². The number of nitrogens with two attached hydrogens (primary N) is 1. The molecule has 4 rings (SSSR count). The van der Waals surface area contributed by atoms with Crippen LogP contribution in [-0.4, -0.2) is 28.7 Å². The molecule has 8 nitrogen and oxygen atoms in total. The lowest BCUT2D eigenvalue weighted by molar-refractivity contribution is 0.0530. The Kier molecular flexibility index (Phi) is 9.65. The molecule has 214 valence electrons. The summed E-state index contributed by atoms with van der Waals surface area (Å²) in [5, 5.41) is 8.72. The van der Waals surface area contributed by atoms with Crippen molar-refractivity contribution in [3.63, 3.8) is 0 Å². The van der Waals surface area contributed by atoms with Gasteiger partial charge in [0.25, 0.3) is 17.8 Å². The van der Waals surface area contributed by atoms with Crippen molar-refractivity contribution in [1.29, 1.82) is 5.53 Å². The smallest absolute Gasteiger partial charge is 0.265 e. The highest BCUT2D eigenvalue weighted by Gasteiger charge is 2.34. The van der Waals surface area contributed by atoms with E-state index < -0.39 is 5.91 Å². The molecule has 4 N–H and O–H groups in total. The van der Waals surface area contributed by atoms with E-state index in [0.29, 0.717) is 23.6 Å². The van der Waals surface area contributed by atoms with E-state index in [9.17, 15) is 9.59 Å². The predicted octanol–water partition coefficient (Wildman–Crippen LogP) is 6.52. The normalized spacial score (nSPS) is 17.5. The molecular formula is C33H40N6O2. The summed E-state index contributed by atoms with van der Waals surface area (Å²) in [6.45, 7) is 7.36. The summed E-state index contributed by atoms with van der Waals surface area (Å²) in [4.78, 5) is 28.4. The standard InChI is InChI=1S/C33H40N6O2/c1-33(2,3)28-17-19-29(20-18-28)39(22-25-11-13-26(14-12-25)30(40)36-32(37-34)38-35)31(41)27-15-9-24(10-16-27)21-23-7-5-4-6-8-23/h4-16,28-29,34H,17-22,35H2,1-3H3,(H,36,38,40). The first kappa shape index (κ1) is 29.6. The number of amides is 2. The van der Waals surface area contributed by atoms with Gasteiger partial charge in [0.05, 0.1) is 0 Å². The van der Waals surface area contributed by atoms with Crippen molar-refractivity contribution in [1.82, 2.24) is 10.2 Å². The second-order valence-electron chi connectivity index (χ2n) is 11.9. The second kappa shape index (κ2) is 13.4. The highest BCUT2D eigenvalue weighted by atomic mass is 16.2. The predicted molar refractivity (Wildman–Crippen MR) is 161 cm³/mol. The average molecular weight is 553 g/mol. The lowest BCUT2D eigenvalue weighted by Crippen LogP contribution is -2.43. The van der Waals surface area contributed by atoms with Crippen molar-refractivity contribution < 1.29 is 9.59 Å². The molecule has 0 aromatic heterocycles. The van der Waals surface area contributed by atoms with Crippen LogP contribution in [0.15, 0.2) is 89.1 Å². The Morgan fingerprint density at radius 2 is 1.41 bits per heavy atom. The lowest BCUT2D eigenvalue weighted by atomic mass is 9.71. The zero-order valence-electron chi connectivity index (χ0n) is 24.1. The Morgan fingerprint density at radius 3 is 1.98 bits per heavy atom. The minimum Gasteiger partial charge on any atom is -0.331 e. The Balaban J connectivity index is 1.52. The fourth-order valence-corrected chi connectivity index (χ4v) is 5.60. The van der Waals surface area contributed by atoms with Crippen molar-refractivity contribution in [3.05, 3.63) is 107 Å². The summed E-state index contributed by atoms with van der Waals surface area (Å²) < 4.78 is 0. The van der Waals surface area contributed by atoms with Crippen LogP contribution in [0.25, 0.3) is 0 Å². The molecular weight excluding hydrogens is 512 g/mol. The number of benzene rings is 3. The maximum Gasteiger partial charge on any atom is 0.265 e. The molecule has 8 heteroatoms. The van der Waals surface area contributed by atoms with Gasteiger partial charge >= 0.3 is 0 Å². The summed E-state index contributed by atoms with van der Waals surface area (Å²) >= 11 is 0. The Bertz CT molecular complexity index is 1350. The maximum absolute atomic E-state index is 14.0. The van der Waals surface area contributed by atoms with Crippen LogP contribution in [0.4, 0.5) is 0 Å². The highest BCUT2D eigenvalue weighted by Crippen LogP contribution is 2.39. The molecule has 3 aromatic carbocycles. The summed E-state index contributed by atoms with van der Waals surface area (Å²) in [6.07, 6.45) is 4.96. The highest BCUT2D eigenvalue weighted by molar-refractivity contribution is 6.05. The number of hydrogen-bond donors (Lipinski definition) is 3. The molecule has 0 saturated heterocycles. The number of nitrogens with one attached hydrogen (secondary N) is 2. The number of rotatable bonds is 7. The van der Waals surface area contributed by atoms with Gasteiger partial charge in [0.1, 0.15) is 0 Å². The van der Waals surface area contributed by atoms with Crippen LogP contribution < -0.4 is 11.2 Å². The van der Waals surface area contributed by atoms with E-state index in [1.54, 1.807) is 12.1 Å². The van der Waals surface area contributed by atoms with Crippen molar-refractivity contribution in [2.45, 2.75) is 65.5 Å². The number of hydrazone groups is 1. The van der Waals surface area contributed by atoms with Crippen LogP contribution in [0.5, 0.6) is 0 Å². The monoisotopic (exact) mass is 552 g/mol.